The van der Waals surface area contributed by atoms with Gasteiger partial charge in [0.05, 0.1) is 0 Å². The first kappa shape index (κ1) is 17.9. The lowest BCUT2D eigenvalue weighted by Gasteiger charge is -2.22. The molecule has 0 aliphatic carbocycles. The predicted octanol–water partition coefficient (Wildman–Crippen LogP) is 1.41. The van der Waals surface area contributed by atoms with Gasteiger partial charge in [0.15, 0.2) is 0 Å². The summed E-state index contributed by atoms with van der Waals surface area (Å²) in [7, 11) is 1.65. The van der Waals surface area contributed by atoms with E-state index in [1.807, 2.05) is 30.3 Å². The van der Waals surface area contributed by atoms with Gasteiger partial charge in [0, 0.05) is 44.5 Å². The molecule has 5 nitrogen and oxygen atoms in total. The fourth-order valence-electron chi connectivity index (χ4n) is 2.08. The Hall–Kier alpha value is -2.11. The van der Waals surface area contributed by atoms with Crippen LogP contribution in [0.25, 0.3) is 0 Å². The molecule has 0 radical (unpaired) electrons. The molecule has 2 aromatic rings. The van der Waals surface area contributed by atoms with Gasteiger partial charge in [-0.1, -0.05) is 30.3 Å². The Morgan fingerprint density at radius 2 is 1.91 bits per heavy atom. The first-order chi connectivity index (χ1) is 10.1. The van der Waals surface area contributed by atoms with Crippen molar-refractivity contribution in [1.82, 2.24) is 9.47 Å². The lowest BCUT2D eigenvalue weighted by atomic mass is 10.2. The maximum Gasteiger partial charge on any atom is 0.254 e. The zero-order valence-corrected chi connectivity index (χ0v) is 13.3. The van der Waals surface area contributed by atoms with Crippen molar-refractivity contribution in [3.63, 3.8) is 0 Å². The van der Waals surface area contributed by atoms with Gasteiger partial charge in [-0.15, -0.1) is 12.4 Å². The Balaban J connectivity index is 0.00000242. The summed E-state index contributed by atoms with van der Waals surface area (Å²) in [6.07, 6.45) is 1.60. The van der Waals surface area contributed by atoms with Crippen LogP contribution < -0.4 is 11.3 Å². The fraction of sp³-hybridized carbons (Fsp3) is 0.250. The van der Waals surface area contributed by atoms with E-state index in [0.29, 0.717) is 25.2 Å². The smallest absolute Gasteiger partial charge is 0.254 e. The monoisotopic (exact) mass is 321 g/mol. The third-order valence-electron chi connectivity index (χ3n) is 3.25. The minimum atomic E-state index is -0.201. The van der Waals surface area contributed by atoms with E-state index in [0.717, 1.165) is 5.56 Å². The summed E-state index contributed by atoms with van der Waals surface area (Å²) < 4.78 is 1.43. The molecule has 0 saturated carbocycles. The van der Waals surface area contributed by atoms with Crippen LogP contribution in [0.2, 0.25) is 0 Å². The molecule has 1 aromatic heterocycles. The Kier molecular flexibility index (Phi) is 6.82. The summed E-state index contributed by atoms with van der Waals surface area (Å²) >= 11 is 0. The second-order valence-corrected chi connectivity index (χ2v) is 4.87. The summed E-state index contributed by atoms with van der Waals surface area (Å²) in [6, 6.07) is 12.7. The molecule has 2 rings (SSSR count). The molecule has 0 aliphatic rings. The first-order valence-electron chi connectivity index (χ1n) is 6.82. The minimum Gasteiger partial charge on any atom is -0.333 e. The summed E-state index contributed by atoms with van der Waals surface area (Å²) in [5.74, 6) is -0.179. The number of rotatable bonds is 5. The standard InChI is InChI=1S/C16H19N3O2.ClH/c1-18-9-7-14(11-15(18)20)16(21)19(10-8-17)12-13-5-3-2-4-6-13;/h2-7,9,11H,8,10,12,17H2,1H3;1H. The average Bonchev–Trinajstić information content (AvgIpc) is 2.50. The highest BCUT2D eigenvalue weighted by molar-refractivity contribution is 5.94. The molecule has 0 saturated heterocycles. The lowest BCUT2D eigenvalue weighted by molar-refractivity contribution is 0.0748. The highest BCUT2D eigenvalue weighted by atomic mass is 35.5. The molecule has 2 N–H and O–H groups in total. The van der Waals surface area contributed by atoms with Gasteiger partial charge >= 0.3 is 0 Å². The first-order valence-corrected chi connectivity index (χ1v) is 6.82. The van der Waals surface area contributed by atoms with Crippen LogP contribution in [-0.4, -0.2) is 28.5 Å². The average molecular weight is 322 g/mol. The van der Waals surface area contributed by atoms with Crippen LogP contribution in [0.15, 0.2) is 53.5 Å². The van der Waals surface area contributed by atoms with Gasteiger partial charge in [0.25, 0.3) is 11.5 Å². The van der Waals surface area contributed by atoms with Gasteiger partial charge in [-0.25, -0.2) is 0 Å². The van der Waals surface area contributed by atoms with Crippen molar-refractivity contribution in [2.24, 2.45) is 12.8 Å². The van der Waals surface area contributed by atoms with Crippen LogP contribution in [0, 0.1) is 0 Å². The third-order valence-corrected chi connectivity index (χ3v) is 3.25. The molecule has 0 aliphatic heterocycles. The molecule has 118 valence electrons. The van der Waals surface area contributed by atoms with Crippen molar-refractivity contribution in [1.29, 1.82) is 0 Å². The highest BCUT2D eigenvalue weighted by Crippen LogP contribution is 2.08. The Labute approximate surface area is 135 Å². The largest absolute Gasteiger partial charge is 0.333 e. The number of benzene rings is 1. The summed E-state index contributed by atoms with van der Waals surface area (Å²) in [4.78, 5) is 25.8. The van der Waals surface area contributed by atoms with Gasteiger partial charge in [0.2, 0.25) is 0 Å². The molecule has 1 amide bonds. The number of aromatic nitrogens is 1. The van der Waals surface area contributed by atoms with E-state index in [-0.39, 0.29) is 23.9 Å². The van der Waals surface area contributed by atoms with Crippen molar-refractivity contribution >= 4 is 18.3 Å². The van der Waals surface area contributed by atoms with Crippen molar-refractivity contribution in [3.05, 3.63) is 70.1 Å². The molecule has 0 spiro atoms. The second kappa shape index (κ2) is 8.36. The third kappa shape index (κ3) is 4.44. The van der Waals surface area contributed by atoms with E-state index in [4.69, 9.17) is 5.73 Å². The number of halogens is 1. The van der Waals surface area contributed by atoms with Crippen LogP contribution in [0.5, 0.6) is 0 Å². The van der Waals surface area contributed by atoms with Crippen molar-refractivity contribution in [2.45, 2.75) is 6.54 Å². The molecular weight excluding hydrogens is 302 g/mol. The summed E-state index contributed by atoms with van der Waals surface area (Å²) in [5, 5.41) is 0. The SMILES string of the molecule is Cl.Cn1ccc(C(=O)N(CCN)Cc2ccccc2)cc1=O. The zero-order chi connectivity index (χ0) is 15.2. The maximum absolute atomic E-state index is 12.5. The zero-order valence-electron chi connectivity index (χ0n) is 12.4. The van der Waals surface area contributed by atoms with Crippen molar-refractivity contribution in [2.75, 3.05) is 13.1 Å². The van der Waals surface area contributed by atoms with Crippen LogP contribution in [0.4, 0.5) is 0 Å². The van der Waals surface area contributed by atoms with Gasteiger partial charge < -0.3 is 15.2 Å². The van der Waals surface area contributed by atoms with E-state index in [1.165, 1.54) is 10.6 Å². The molecule has 0 bridgehead atoms. The lowest BCUT2D eigenvalue weighted by Crippen LogP contribution is -2.35. The van der Waals surface area contributed by atoms with E-state index < -0.39 is 0 Å². The van der Waals surface area contributed by atoms with Crippen LogP contribution in [0.3, 0.4) is 0 Å². The van der Waals surface area contributed by atoms with Crippen LogP contribution in [-0.2, 0) is 13.6 Å². The van der Waals surface area contributed by atoms with Gasteiger partial charge in [-0.2, -0.15) is 0 Å². The molecule has 1 heterocycles. The van der Waals surface area contributed by atoms with E-state index in [1.54, 1.807) is 24.2 Å². The van der Waals surface area contributed by atoms with Gasteiger partial charge in [-0.3, -0.25) is 9.59 Å². The molecule has 1 aromatic carbocycles. The second-order valence-electron chi connectivity index (χ2n) is 4.87. The number of carbonyl (C=O) groups excluding carboxylic acids is 1. The highest BCUT2D eigenvalue weighted by Gasteiger charge is 2.16. The number of amides is 1. The fourth-order valence-corrected chi connectivity index (χ4v) is 2.08. The van der Waals surface area contributed by atoms with E-state index in [9.17, 15) is 9.59 Å². The van der Waals surface area contributed by atoms with Gasteiger partial charge in [0.1, 0.15) is 0 Å². The molecule has 0 unspecified atom stereocenters. The number of nitrogens with two attached hydrogens (primary N) is 1. The molecular formula is C16H20ClN3O2. The van der Waals surface area contributed by atoms with E-state index in [2.05, 4.69) is 0 Å². The van der Waals surface area contributed by atoms with Crippen LogP contribution in [0.1, 0.15) is 15.9 Å². The van der Waals surface area contributed by atoms with Crippen LogP contribution >= 0.6 is 12.4 Å². The van der Waals surface area contributed by atoms with E-state index >= 15 is 0 Å². The Morgan fingerprint density at radius 3 is 2.50 bits per heavy atom. The number of carbonyl (C=O) groups is 1. The normalized spacial score (nSPS) is 9.91. The number of hydrogen-bond donors (Lipinski definition) is 1. The Bertz CT molecular complexity index is 671. The number of nitrogens with zero attached hydrogens (tertiary/aromatic N) is 2. The minimum absolute atomic E-state index is 0. The maximum atomic E-state index is 12.5. The quantitative estimate of drug-likeness (QED) is 0.905. The molecule has 0 atom stereocenters. The molecule has 6 heteroatoms. The topological polar surface area (TPSA) is 68.3 Å². The Morgan fingerprint density at radius 1 is 1.23 bits per heavy atom. The van der Waals surface area contributed by atoms with Crippen molar-refractivity contribution in [3.8, 4) is 0 Å². The molecule has 22 heavy (non-hydrogen) atoms. The number of pyridine rings is 1. The van der Waals surface area contributed by atoms with Gasteiger partial charge in [-0.05, 0) is 11.6 Å². The van der Waals surface area contributed by atoms with Crippen molar-refractivity contribution < 1.29 is 4.79 Å². The number of aryl methyl sites for hydroxylation is 1. The predicted molar refractivity (Wildman–Crippen MR) is 89.2 cm³/mol. The summed E-state index contributed by atoms with van der Waals surface area (Å²) in [5.41, 5.74) is 6.81. The summed E-state index contributed by atoms with van der Waals surface area (Å²) in [6.45, 7) is 1.30. The molecule has 0 fully saturated rings. The number of hydrogen-bond acceptors (Lipinski definition) is 3.